The van der Waals surface area contributed by atoms with Crippen LogP contribution in [0.3, 0.4) is 0 Å². The fourth-order valence-corrected chi connectivity index (χ4v) is 2.58. The third kappa shape index (κ3) is 1.66. The van der Waals surface area contributed by atoms with E-state index >= 15 is 0 Å². The van der Waals surface area contributed by atoms with E-state index in [1.807, 2.05) is 11.5 Å². The molecule has 3 rings (SSSR count). The summed E-state index contributed by atoms with van der Waals surface area (Å²) in [7, 11) is 0. The van der Waals surface area contributed by atoms with E-state index in [4.69, 9.17) is 0 Å². The maximum absolute atomic E-state index is 13.9. The molecule has 0 N–H and O–H groups in total. The monoisotopic (exact) mass is 348 g/mol. The molecule has 1 fully saturated rings. The van der Waals surface area contributed by atoms with Gasteiger partial charge in [-0.3, -0.25) is 0 Å². The number of aryl methyl sites for hydroxylation is 1. The van der Waals surface area contributed by atoms with Crippen molar-refractivity contribution in [2.24, 2.45) is 0 Å². The highest BCUT2D eigenvalue weighted by Crippen LogP contribution is 2.41. The Labute approximate surface area is 111 Å². The van der Waals surface area contributed by atoms with Gasteiger partial charge in [-0.05, 0) is 42.4 Å². The van der Waals surface area contributed by atoms with E-state index in [0.717, 1.165) is 18.7 Å². The average Bonchev–Trinajstić information content (AvgIpc) is 3.09. The van der Waals surface area contributed by atoms with Gasteiger partial charge >= 0.3 is 0 Å². The summed E-state index contributed by atoms with van der Waals surface area (Å²) < 4.78 is 29.5. The average molecular weight is 348 g/mol. The molecule has 0 amide bonds. The summed E-state index contributed by atoms with van der Waals surface area (Å²) in [5.74, 6) is 0.299. The van der Waals surface area contributed by atoms with Gasteiger partial charge < -0.3 is 4.57 Å². The van der Waals surface area contributed by atoms with Crippen LogP contribution in [0.1, 0.15) is 31.5 Å². The molecule has 0 saturated heterocycles. The Morgan fingerprint density at radius 3 is 2.76 bits per heavy atom. The molecule has 0 unspecified atom stereocenters. The van der Waals surface area contributed by atoms with Crippen molar-refractivity contribution in [1.29, 1.82) is 0 Å². The Balaban J connectivity index is 2.36. The standard InChI is InChI=1S/C12H11F2IN2/c1-2-17-8-5-7(13)10(15)9(14)11(8)16-12(17)6-3-4-6/h5-6H,2-4H2,1H3. The molecule has 5 heteroatoms. The lowest BCUT2D eigenvalue weighted by molar-refractivity contribution is 0.577. The molecule has 0 radical (unpaired) electrons. The number of benzene rings is 1. The molecule has 2 aromatic rings. The number of aromatic nitrogens is 2. The molecule has 0 aliphatic heterocycles. The van der Waals surface area contributed by atoms with Crippen molar-refractivity contribution < 1.29 is 8.78 Å². The van der Waals surface area contributed by atoms with Gasteiger partial charge in [0, 0.05) is 18.5 Å². The molecule has 1 aliphatic carbocycles. The van der Waals surface area contributed by atoms with Gasteiger partial charge in [0.25, 0.3) is 0 Å². The van der Waals surface area contributed by atoms with E-state index in [1.54, 1.807) is 22.6 Å². The number of hydrogen-bond donors (Lipinski definition) is 0. The van der Waals surface area contributed by atoms with Gasteiger partial charge in [-0.2, -0.15) is 0 Å². The van der Waals surface area contributed by atoms with Crippen LogP contribution < -0.4 is 0 Å². The third-order valence-corrected chi connectivity index (χ3v) is 4.16. The summed E-state index contributed by atoms with van der Waals surface area (Å²) in [5.41, 5.74) is 0.879. The number of rotatable bonds is 2. The normalized spacial score (nSPS) is 15.8. The SMILES string of the molecule is CCn1c(C2CC2)nc2c(F)c(I)c(F)cc21. The van der Waals surface area contributed by atoms with Crippen LogP contribution in [-0.4, -0.2) is 9.55 Å². The van der Waals surface area contributed by atoms with E-state index in [0.29, 0.717) is 23.5 Å². The van der Waals surface area contributed by atoms with Crippen LogP contribution in [0.2, 0.25) is 0 Å². The Morgan fingerprint density at radius 2 is 2.18 bits per heavy atom. The molecule has 2 nitrogen and oxygen atoms in total. The molecular formula is C12H11F2IN2. The second-order valence-corrected chi connectivity index (χ2v) is 5.42. The highest BCUT2D eigenvalue weighted by atomic mass is 127. The van der Waals surface area contributed by atoms with Gasteiger partial charge in [0.05, 0.1) is 9.09 Å². The maximum atomic E-state index is 13.9. The van der Waals surface area contributed by atoms with Crippen LogP contribution in [0.4, 0.5) is 8.78 Å². The van der Waals surface area contributed by atoms with Gasteiger partial charge in [0.1, 0.15) is 17.2 Å². The summed E-state index contributed by atoms with van der Waals surface area (Å²) >= 11 is 1.68. The molecular weight excluding hydrogens is 337 g/mol. The quantitative estimate of drug-likeness (QED) is 0.596. The van der Waals surface area contributed by atoms with Crippen LogP contribution in [0.5, 0.6) is 0 Å². The molecule has 17 heavy (non-hydrogen) atoms. The fourth-order valence-electron chi connectivity index (χ4n) is 2.17. The summed E-state index contributed by atoms with van der Waals surface area (Å²) in [4.78, 5) is 4.36. The Kier molecular flexibility index (Phi) is 2.61. The second-order valence-electron chi connectivity index (χ2n) is 4.34. The summed E-state index contributed by atoms with van der Waals surface area (Å²) in [6.07, 6.45) is 2.20. The molecule has 0 atom stereocenters. The zero-order valence-electron chi connectivity index (χ0n) is 9.30. The van der Waals surface area contributed by atoms with Gasteiger partial charge in [-0.1, -0.05) is 0 Å². The molecule has 1 aliphatic rings. The van der Waals surface area contributed by atoms with E-state index in [1.165, 1.54) is 6.07 Å². The lowest BCUT2D eigenvalue weighted by atomic mass is 10.3. The van der Waals surface area contributed by atoms with Crippen molar-refractivity contribution in [2.75, 3.05) is 0 Å². The van der Waals surface area contributed by atoms with Crippen molar-refractivity contribution >= 4 is 33.6 Å². The number of nitrogens with zero attached hydrogens (tertiary/aromatic N) is 2. The van der Waals surface area contributed by atoms with E-state index < -0.39 is 11.6 Å². The van der Waals surface area contributed by atoms with Gasteiger partial charge in [-0.25, -0.2) is 13.8 Å². The van der Waals surface area contributed by atoms with Crippen LogP contribution >= 0.6 is 22.6 Å². The topological polar surface area (TPSA) is 17.8 Å². The molecule has 0 bridgehead atoms. The number of imidazole rings is 1. The highest BCUT2D eigenvalue weighted by Gasteiger charge is 2.30. The fraction of sp³-hybridized carbons (Fsp3) is 0.417. The van der Waals surface area contributed by atoms with Crippen molar-refractivity contribution in [1.82, 2.24) is 9.55 Å². The molecule has 1 aromatic heterocycles. The van der Waals surface area contributed by atoms with E-state index in [2.05, 4.69) is 4.98 Å². The van der Waals surface area contributed by atoms with Gasteiger partial charge in [-0.15, -0.1) is 0 Å². The largest absolute Gasteiger partial charge is 0.328 e. The highest BCUT2D eigenvalue weighted by molar-refractivity contribution is 14.1. The Hall–Kier alpha value is -0.720. The summed E-state index contributed by atoms with van der Waals surface area (Å²) in [6.45, 7) is 2.67. The summed E-state index contributed by atoms with van der Waals surface area (Å²) in [6, 6.07) is 1.39. The second kappa shape index (κ2) is 3.90. The van der Waals surface area contributed by atoms with Crippen molar-refractivity contribution in [3.63, 3.8) is 0 Å². The predicted molar refractivity (Wildman–Crippen MR) is 70.0 cm³/mol. The van der Waals surface area contributed by atoms with Gasteiger partial charge in [0.15, 0.2) is 5.82 Å². The van der Waals surface area contributed by atoms with Crippen molar-refractivity contribution in [3.05, 3.63) is 27.1 Å². The molecule has 90 valence electrons. The molecule has 1 heterocycles. The minimum Gasteiger partial charge on any atom is -0.328 e. The number of fused-ring (bicyclic) bond motifs is 1. The Bertz CT molecular complexity index is 602. The first-order chi connectivity index (χ1) is 8.13. The first kappa shape index (κ1) is 11.4. The van der Waals surface area contributed by atoms with Crippen LogP contribution in [-0.2, 0) is 6.54 Å². The van der Waals surface area contributed by atoms with Crippen LogP contribution in [0.25, 0.3) is 11.0 Å². The first-order valence-electron chi connectivity index (χ1n) is 5.67. The van der Waals surface area contributed by atoms with Crippen molar-refractivity contribution in [3.8, 4) is 0 Å². The van der Waals surface area contributed by atoms with Crippen LogP contribution in [0.15, 0.2) is 6.07 Å². The zero-order chi connectivity index (χ0) is 12.2. The predicted octanol–water partition coefficient (Wildman–Crippen LogP) is 3.82. The molecule has 0 spiro atoms. The minimum atomic E-state index is -0.533. The zero-order valence-corrected chi connectivity index (χ0v) is 11.5. The van der Waals surface area contributed by atoms with E-state index in [9.17, 15) is 8.78 Å². The van der Waals surface area contributed by atoms with Crippen molar-refractivity contribution in [2.45, 2.75) is 32.2 Å². The maximum Gasteiger partial charge on any atom is 0.167 e. The summed E-state index contributed by atoms with van der Waals surface area (Å²) in [5, 5.41) is 0. The first-order valence-corrected chi connectivity index (χ1v) is 6.75. The molecule has 1 saturated carbocycles. The number of halogens is 3. The molecule has 1 aromatic carbocycles. The van der Waals surface area contributed by atoms with E-state index in [-0.39, 0.29) is 3.57 Å². The van der Waals surface area contributed by atoms with Crippen LogP contribution in [0, 0.1) is 15.2 Å². The number of hydrogen-bond acceptors (Lipinski definition) is 1. The Morgan fingerprint density at radius 1 is 1.47 bits per heavy atom. The lowest BCUT2D eigenvalue weighted by Crippen LogP contribution is -2.00. The third-order valence-electron chi connectivity index (χ3n) is 3.17. The minimum absolute atomic E-state index is 0.0261. The smallest absolute Gasteiger partial charge is 0.167 e. The lowest BCUT2D eigenvalue weighted by Gasteiger charge is -2.04. The van der Waals surface area contributed by atoms with Gasteiger partial charge in [0.2, 0.25) is 0 Å².